The zero-order valence-electron chi connectivity index (χ0n) is 14.2. The van der Waals surface area contributed by atoms with E-state index in [0.717, 1.165) is 46.8 Å². The highest BCUT2D eigenvalue weighted by Gasteiger charge is 2.19. The molecule has 1 aliphatic heterocycles. The Morgan fingerprint density at radius 1 is 1.23 bits per heavy atom. The molecule has 0 unspecified atom stereocenters. The normalized spacial score (nSPS) is 15.3. The van der Waals surface area contributed by atoms with Crippen LogP contribution in [0.1, 0.15) is 5.69 Å². The van der Waals surface area contributed by atoms with E-state index in [1.807, 2.05) is 39.0 Å². The molecule has 5 rings (SSSR count). The van der Waals surface area contributed by atoms with Crippen LogP contribution in [0, 0.1) is 0 Å². The number of nitrogens with zero attached hydrogens (tertiary/aromatic N) is 5. The molecule has 1 fully saturated rings. The van der Waals surface area contributed by atoms with Crippen molar-refractivity contribution in [1.82, 2.24) is 18.9 Å². The fourth-order valence-corrected chi connectivity index (χ4v) is 4.24. The van der Waals surface area contributed by atoms with Gasteiger partial charge >= 0.3 is 0 Å². The number of pyridine rings is 1. The lowest BCUT2D eigenvalue weighted by molar-refractivity contribution is 0.123. The molecular formula is C18H19N5O2S. The van der Waals surface area contributed by atoms with Crippen LogP contribution in [-0.4, -0.2) is 50.3 Å². The SMILES string of the molecule is Oc1c2c(N3CCOCC3)ccnc2cn1CCc1cn2ccsc2n1. The number of imidazole rings is 1. The third kappa shape index (κ3) is 2.62. The predicted octanol–water partition coefficient (Wildman–Crippen LogP) is 2.53. The summed E-state index contributed by atoms with van der Waals surface area (Å²) in [7, 11) is 0. The summed E-state index contributed by atoms with van der Waals surface area (Å²) in [5.74, 6) is 0.274. The lowest BCUT2D eigenvalue weighted by Crippen LogP contribution is -2.36. The molecule has 8 heteroatoms. The molecule has 26 heavy (non-hydrogen) atoms. The van der Waals surface area contributed by atoms with Crippen molar-refractivity contribution in [3.63, 3.8) is 0 Å². The average Bonchev–Trinajstić information content (AvgIpc) is 3.34. The van der Waals surface area contributed by atoms with Gasteiger partial charge in [-0.25, -0.2) is 4.98 Å². The van der Waals surface area contributed by atoms with E-state index in [2.05, 4.69) is 14.9 Å². The third-order valence-electron chi connectivity index (χ3n) is 4.84. The number of anilines is 1. The van der Waals surface area contributed by atoms with Gasteiger partial charge in [0.2, 0.25) is 5.88 Å². The lowest BCUT2D eigenvalue weighted by atomic mass is 10.2. The number of hydrogen-bond acceptors (Lipinski definition) is 6. The highest BCUT2D eigenvalue weighted by atomic mass is 32.1. The van der Waals surface area contributed by atoms with Crippen LogP contribution < -0.4 is 4.90 Å². The maximum absolute atomic E-state index is 10.8. The molecule has 1 N–H and O–H groups in total. The van der Waals surface area contributed by atoms with Gasteiger partial charge in [0.05, 0.1) is 35.5 Å². The maximum atomic E-state index is 10.8. The van der Waals surface area contributed by atoms with E-state index in [1.165, 1.54) is 0 Å². The van der Waals surface area contributed by atoms with Crippen LogP contribution in [0.3, 0.4) is 0 Å². The number of aryl methyl sites for hydroxylation is 2. The number of hydrogen-bond donors (Lipinski definition) is 1. The molecule has 5 heterocycles. The molecule has 0 aliphatic carbocycles. The average molecular weight is 369 g/mol. The number of thiazole rings is 1. The first-order valence-corrected chi connectivity index (χ1v) is 9.58. The zero-order chi connectivity index (χ0) is 17.5. The summed E-state index contributed by atoms with van der Waals surface area (Å²) in [6, 6.07) is 1.97. The first-order valence-electron chi connectivity index (χ1n) is 8.70. The Morgan fingerprint density at radius 2 is 2.12 bits per heavy atom. The Morgan fingerprint density at radius 3 is 2.96 bits per heavy atom. The Hall–Kier alpha value is -2.58. The minimum absolute atomic E-state index is 0.274. The molecule has 0 atom stereocenters. The lowest BCUT2D eigenvalue weighted by Gasteiger charge is -2.29. The van der Waals surface area contributed by atoms with Crippen LogP contribution in [-0.2, 0) is 17.7 Å². The summed E-state index contributed by atoms with van der Waals surface area (Å²) in [4.78, 5) is 12.3. The Balaban J connectivity index is 1.44. The Bertz CT molecular complexity index is 1030. The van der Waals surface area contributed by atoms with Gasteiger partial charge in [0.25, 0.3) is 0 Å². The molecule has 0 radical (unpaired) electrons. The minimum atomic E-state index is 0.274. The second-order valence-electron chi connectivity index (χ2n) is 6.41. The Labute approximate surface area is 154 Å². The van der Waals surface area contributed by atoms with E-state index in [1.54, 1.807) is 17.5 Å². The van der Waals surface area contributed by atoms with Gasteiger partial charge in [0.1, 0.15) is 0 Å². The zero-order valence-corrected chi connectivity index (χ0v) is 15.0. The highest BCUT2D eigenvalue weighted by molar-refractivity contribution is 7.15. The molecule has 4 aromatic rings. The van der Waals surface area contributed by atoms with E-state index in [4.69, 9.17) is 4.74 Å². The van der Waals surface area contributed by atoms with Crippen LogP contribution in [0.25, 0.3) is 15.9 Å². The van der Waals surface area contributed by atoms with Gasteiger partial charge in [0.15, 0.2) is 4.96 Å². The molecule has 134 valence electrons. The van der Waals surface area contributed by atoms with Crippen LogP contribution in [0.4, 0.5) is 5.69 Å². The predicted molar refractivity (Wildman–Crippen MR) is 101 cm³/mol. The van der Waals surface area contributed by atoms with Gasteiger partial charge in [-0.05, 0) is 6.07 Å². The summed E-state index contributed by atoms with van der Waals surface area (Å²) in [6.45, 7) is 3.74. The summed E-state index contributed by atoms with van der Waals surface area (Å²) in [5, 5.41) is 13.7. The van der Waals surface area contributed by atoms with Crippen LogP contribution in [0.2, 0.25) is 0 Å². The van der Waals surface area contributed by atoms with E-state index in [-0.39, 0.29) is 5.88 Å². The van der Waals surface area contributed by atoms with Crippen molar-refractivity contribution in [2.75, 3.05) is 31.2 Å². The first kappa shape index (κ1) is 15.7. The number of aromatic hydroxyl groups is 1. The minimum Gasteiger partial charge on any atom is -0.494 e. The van der Waals surface area contributed by atoms with Gasteiger partial charge in [-0.15, -0.1) is 11.3 Å². The molecule has 1 aliphatic rings. The highest BCUT2D eigenvalue weighted by Crippen LogP contribution is 2.35. The van der Waals surface area contributed by atoms with Crippen LogP contribution in [0.15, 0.2) is 36.2 Å². The van der Waals surface area contributed by atoms with E-state index < -0.39 is 0 Å². The van der Waals surface area contributed by atoms with Gasteiger partial charge in [-0.3, -0.25) is 9.38 Å². The second-order valence-corrected chi connectivity index (χ2v) is 7.28. The fourth-order valence-electron chi connectivity index (χ4n) is 3.52. The molecule has 7 nitrogen and oxygen atoms in total. The Kier molecular flexibility index (Phi) is 3.79. The van der Waals surface area contributed by atoms with Crippen molar-refractivity contribution in [2.45, 2.75) is 13.0 Å². The number of morpholine rings is 1. The molecule has 0 amide bonds. The monoisotopic (exact) mass is 369 g/mol. The second kappa shape index (κ2) is 6.30. The van der Waals surface area contributed by atoms with Gasteiger partial charge in [0, 0.05) is 56.2 Å². The number of fused-ring (bicyclic) bond motifs is 2. The van der Waals surface area contributed by atoms with Crippen LogP contribution in [0.5, 0.6) is 5.88 Å². The van der Waals surface area contributed by atoms with Gasteiger partial charge < -0.3 is 19.3 Å². The topological polar surface area (TPSA) is 67.8 Å². The van der Waals surface area contributed by atoms with Crippen LogP contribution >= 0.6 is 11.3 Å². The fraction of sp³-hybridized carbons (Fsp3) is 0.333. The summed E-state index contributed by atoms with van der Waals surface area (Å²) in [5.41, 5.74) is 2.87. The molecule has 0 bridgehead atoms. The first-order chi connectivity index (χ1) is 12.8. The summed E-state index contributed by atoms with van der Waals surface area (Å²) < 4.78 is 9.34. The van der Waals surface area contributed by atoms with E-state index in [0.29, 0.717) is 19.8 Å². The quantitative estimate of drug-likeness (QED) is 0.599. The van der Waals surface area contributed by atoms with Crippen molar-refractivity contribution in [1.29, 1.82) is 0 Å². The molecule has 1 saturated heterocycles. The van der Waals surface area contributed by atoms with E-state index >= 15 is 0 Å². The standard InChI is InChI=1S/C18H19N5O2S/c24-17-16-14(19-3-1-15(16)21-5-8-25-9-6-21)12-22(17)4-2-13-11-23-7-10-26-18(23)20-13/h1,3,7,10-12,24H,2,4-6,8-9H2. The van der Waals surface area contributed by atoms with Crippen molar-refractivity contribution in [3.05, 3.63) is 41.9 Å². The molecule has 0 aromatic carbocycles. The molecular weight excluding hydrogens is 350 g/mol. The van der Waals surface area contributed by atoms with Crippen molar-refractivity contribution >= 4 is 32.9 Å². The van der Waals surface area contributed by atoms with Crippen molar-refractivity contribution in [2.24, 2.45) is 0 Å². The van der Waals surface area contributed by atoms with Crippen molar-refractivity contribution in [3.8, 4) is 5.88 Å². The van der Waals surface area contributed by atoms with Gasteiger partial charge in [-0.2, -0.15) is 0 Å². The largest absolute Gasteiger partial charge is 0.494 e. The molecule has 4 aromatic heterocycles. The van der Waals surface area contributed by atoms with Gasteiger partial charge in [-0.1, -0.05) is 0 Å². The maximum Gasteiger partial charge on any atom is 0.202 e. The number of rotatable bonds is 4. The van der Waals surface area contributed by atoms with Crippen molar-refractivity contribution < 1.29 is 9.84 Å². The number of ether oxygens (including phenoxy) is 1. The third-order valence-corrected chi connectivity index (χ3v) is 5.61. The molecule has 0 spiro atoms. The smallest absolute Gasteiger partial charge is 0.202 e. The number of aromatic nitrogens is 4. The molecule has 0 saturated carbocycles. The van der Waals surface area contributed by atoms with E-state index in [9.17, 15) is 5.11 Å². The summed E-state index contributed by atoms with van der Waals surface area (Å²) >= 11 is 1.62. The summed E-state index contributed by atoms with van der Waals surface area (Å²) in [6.07, 6.45) is 8.54.